The summed E-state index contributed by atoms with van der Waals surface area (Å²) >= 11 is 0. The van der Waals surface area contributed by atoms with Crippen LogP contribution >= 0.6 is 0 Å². The maximum absolute atomic E-state index is 12.8. The Morgan fingerprint density at radius 1 is 1.24 bits per heavy atom. The normalized spacial score (nSPS) is 32.1. The number of piperidine rings is 1. The van der Waals surface area contributed by atoms with Crippen molar-refractivity contribution in [1.29, 1.82) is 0 Å². The molecule has 5 nitrogen and oxygen atoms in total. The third-order valence-corrected chi connectivity index (χ3v) is 6.53. The number of hydrogen-bond acceptors (Lipinski definition) is 4. The van der Waals surface area contributed by atoms with E-state index in [0.29, 0.717) is 39.0 Å². The predicted octanol–water partition coefficient (Wildman–Crippen LogP) is 3.88. The molecule has 0 aromatic heterocycles. The summed E-state index contributed by atoms with van der Waals surface area (Å²) in [6.45, 7) is 3.76. The molecule has 1 aliphatic carbocycles. The van der Waals surface area contributed by atoms with Crippen LogP contribution in [0.5, 0.6) is 5.75 Å². The summed E-state index contributed by atoms with van der Waals surface area (Å²) in [6, 6.07) is 6.02. The van der Waals surface area contributed by atoms with Crippen LogP contribution in [0.1, 0.15) is 44.1 Å². The molecule has 3 fully saturated rings. The monoisotopic (exact) mass is 411 g/mol. The summed E-state index contributed by atoms with van der Waals surface area (Å²) in [5.41, 5.74) is 0.838. The highest BCUT2D eigenvalue weighted by Gasteiger charge is 2.53. The molecule has 2 heterocycles. The molecule has 2 aliphatic heterocycles. The van der Waals surface area contributed by atoms with Crippen LogP contribution in [0.25, 0.3) is 0 Å². The van der Waals surface area contributed by atoms with Crippen molar-refractivity contribution in [2.75, 3.05) is 19.7 Å². The fourth-order valence-corrected chi connectivity index (χ4v) is 5.08. The zero-order valence-corrected chi connectivity index (χ0v) is 16.2. The molecule has 0 bridgehead atoms. The number of esters is 1. The highest BCUT2D eigenvalue weighted by Crippen LogP contribution is 2.52. The molecule has 0 N–H and O–H groups in total. The molecule has 2 atom stereocenters. The van der Waals surface area contributed by atoms with Crippen LogP contribution < -0.4 is 4.74 Å². The first-order valence-electron chi connectivity index (χ1n) is 9.94. The Labute approximate surface area is 167 Å². The van der Waals surface area contributed by atoms with Crippen LogP contribution in [0, 0.1) is 17.3 Å². The summed E-state index contributed by atoms with van der Waals surface area (Å²) in [5.74, 6) is 0.105. The zero-order valence-electron chi connectivity index (χ0n) is 16.2. The topological polar surface area (TPSA) is 55.8 Å². The molecule has 4 rings (SSSR count). The summed E-state index contributed by atoms with van der Waals surface area (Å²) < 4.78 is 45.9. The Bertz CT molecular complexity index is 786. The Morgan fingerprint density at radius 3 is 2.48 bits per heavy atom. The summed E-state index contributed by atoms with van der Waals surface area (Å²) in [5, 5.41) is 0. The van der Waals surface area contributed by atoms with E-state index in [0.717, 1.165) is 12.0 Å². The lowest BCUT2D eigenvalue weighted by Crippen LogP contribution is -2.50. The number of likely N-dealkylation sites (tertiary alicyclic amines) is 1. The zero-order chi connectivity index (χ0) is 20.8. The van der Waals surface area contributed by atoms with Crippen LogP contribution in [0.2, 0.25) is 0 Å². The number of carbonyl (C=O) groups excluding carboxylic acids is 2. The first-order valence-corrected chi connectivity index (χ1v) is 9.94. The van der Waals surface area contributed by atoms with Crippen molar-refractivity contribution < 1.29 is 32.2 Å². The highest BCUT2D eigenvalue weighted by atomic mass is 19.4. The van der Waals surface area contributed by atoms with E-state index in [9.17, 15) is 22.8 Å². The van der Waals surface area contributed by atoms with Crippen molar-refractivity contribution in [3.05, 3.63) is 29.8 Å². The minimum absolute atomic E-state index is 0.0351. The van der Waals surface area contributed by atoms with Gasteiger partial charge in [0.05, 0.1) is 13.0 Å². The van der Waals surface area contributed by atoms with Gasteiger partial charge in [0, 0.05) is 24.4 Å². The van der Waals surface area contributed by atoms with Crippen LogP contribution in [0.15, 0.2) is 24.3 Å². The average Bonchev–Trinajstić information content (AvgIpc) is 3.01. The van der Waals surface area contributed by atoms with E-state index in [1.807, 2.05) is 4.90 Å². The molecule has 0 radical (unpaired) electrons. The molecule has 8 heteroatoms. The lowest BCUT2D eigenvalue weighted by atomic mass is 9.61. The van der Waals surface area contributed by atoms with Crippen LogP contribution in [-0.4, -0.2) is 42.8 Å². The molecule has 29 heavy (non-hydrogen) atoms. The Morgan fingerprint density at radius 2 is 1.93 bits per heavy atom. The first kappa shape index (κ1) is 20.0. The lowest BCUT2D eigenvalue weighted by molar-refractivity contribution is -0.274. The number of halogens is 3. The molecule has 1 aromatic rings. The third-order valence-electron chi connectivity index (χ3n) is 6.53. The minimum atomic E-state index is -4.70. The second-order valence-corrected chi connectivity index (χ2v) is 8.72. The first-order chi connectivity index (χ1) is 13.6. The van der Waals surface area contributed by atoms with Gasteiger partial charge in [-0.3, -0.25) is 9.59 Å². The van der Waals surface area contributed by atoms with Crippen molar-refractivity contribution in [2.45, 2.75) is 44.9 Å². The summed E-state index contributed by atoms with van der Waals surface area (Å²) in [7, 11) is 0. The second-order valence-electron chi connectivity index (χ2n) is 8.72. The van der Waals surface area contributed by atoms with Gasteiger partial charge in [0.2, 0.25) is 5.91 Å². The van der Waals surface area contributed by atoms with Gasteiger partial charge < -0.3 is 14.4 Å². The lowest BCUT2D eigenvalue weighted by Gasteiger charge is -2.46. The molecule has 158 valence electrons. The SMILES string of the molecule is C[C@H]1CN(C(=O)C2CC3(COC(=O)C3)C2)CC[C@H]1c1ccc(OC(F)(F)F)cc1. The second kappa shape index (κ2) is 7.22. The molecule has 1 saturated carbocycles. The van der Waals surface area contributed by atoms with Crippen LogP contribution in [-0.2, 0) is 14.3 Å². The Hall–Kier alpha value is -2.25. The maximum Gasteiger partial charge on any atom is 0.573 e. The van der Waals surface area contributed by atoms with Crippen molar-refractivity contribution in [3.63, 3.8) is 0 Å². The highest BCUT2D eigenvalue weighted by molar-refractivity contribution is 5.81. The van der Waals surface area contributed by atoms with Crippen molar-refractivity contribution in [2.24, 2.45) is 17.3 Å². The number of rotatable bonds is 3. The van der Waals surface area contributed by atoms with E-state index in [2.05, 4.69) is 11.7 Å². The van der Waals surface area contributed by atoms with Gasteiger partial charge in [-0.15, -0.1) is 13.2 Å². The Balaban J connectivity index is 1.31. The molecular formula is C21H24F3NO4. The van der Waals surface area contributed by atoms with E-state index in [1.54, 1.807) is 12.1 Å². The molecule has 1 spiro atoms. The summed E-state index contributed by atoms with van der Waals surface area (Å²) in [4.78, 5) is 26.1. The summed E-state index contributed by atoms with van der Waals surface area (Å²) in [6.07, 6.45) is -2.08. The van der Waals surface area contributed by atoms with Gasteiger partial charge in [-0.25, -0.2) is 0 Å². The number of alkyl halides is 3. The quantitative estimate of drug-likeness (QED) is 0.709. The number of cyclic esters (lactones) is 1. The predicted molar refractivity (Wildman–Crippen MR) is 97.0 cm³/mol. The number of hydrogen-bond donors (Lipinski definition) is 0. The molecular weight excluding hydrogens is 387 g/mol. The van der Waals surface area contributed by atoms with Gasteiger partial charge in [0.25, 0.3) is 0 Å². The van der Waals surface area contributed by atoms with Crippen LogP contribution in [0.3, 0.4) is 0 Å². The maximum atomic E-state index is 12.8. The van der Waals surface area contributed by atoms with Gasteiger partial charge in [-0.1, -0.05) is 19.1 Å². The molecule has 0 unspecified atom stereocenters. The van der Waals surface area contributed by atoms with E-state index in [-0.39, 0.29) is 40.8 Å². The number of amides is 1. The number of carbonyl (C=O) groups is 2. The van der Waals surface area contributed by atoms with Gasteiger partial charge in [-0.05, 0) is 48.8 Å². The fourth-order valence-electron chi connectivity index (χ4n) is 5.08. The van der Waals surface area contributed by atoms with E-state index >= 15 is 0 Å². The van der Waals surface area contributed by atoms with Gasteiger partial charge >= 0.3 is 12.3 Å². The number of ether oxygens (including phenoxy) is 2. The van der Waals surface area contributed by atoms with Crippen molar-refractivity contribution >= 4 is 11.9 Å². The molecule has 1 amide bonds. The van der Waals surface area contributed by atoms with Crippen LogP contribution in [0.4, 0.5) is 13.2 Å². The van der Waals surface area contributed by atoms with E-state index in [4.69, 9.17) is 4.74 Å². The molecule has 2 saturated heterocycles. The molecule has 1 aromatic carbocycles. The average molecular weight is 411 g/mol. The van der Waals surface area contributed by atoms with E-state index < -0.39 is 6.36 Å². The van der Waals surface area contributed by atoms with Gasteiger partial charge in [-0.2, -0.15) is 0 Å². The standard InChI is InChI=1S/C21H24F3NO4/c1-13-11-25(19(27)15-8-20(9-15)10-18(26)28-12-20)7-6-17(13)14-2-4-16(5-3-14)29-21(22,23)24/h2-5,13,15,17H,6-12H2,1H3/t13-,15?,17+,20?/m0/s1. The number of nitrogens with zero attached hydrogens (tertiary/aromatic N) is 1. The van der Waals surface area contributed by atoms with Gasteiger partial charge in [0.15, 0.2) is 0 Å². The Kier molecular flexibility index (Phi) is 4.99. The third kappa shape index (κ3) is 4.21. The minimum Gasteiger partial charge on any atom is -0.465 e. The fraction of sp³-hybridized carbons (Fsp3) is 0.619. The van der Waals surface area contributed by atoms with Gasteiger partial charge in [0.1, 0.15) is 5.75 Å². The number of benzene rings is 1. The molecule has 3 aliphatic rings. The van der Waals surface area contributed by atoms with E-state index in [1.165, 1.54) is 12.1 Å². The largest absolute Gasteiger partial charge is 0.573 e. The van der Waals surface area contributed by atoms with Crippen molar-refractivity contribution in [1.82, 2.24) is 4.90 Å². The van der Waals surface area contributed by atoms with Crippen molar-refractivity contribution in [3.8, 4) is 5.75 Å². The smallest absolute Gasteiger partial charge is 0.465 e.